The first-order valence-electron chi connectivity index (χ1n) is 15.6. The zero-order chi connectivity index (χ0) is 36.1. The molecule has 16 heteroatoms. The van der Waals surface area contributed by atoms with E-state index in [1.807, 2.05) is 25.3 Å². The van der Waals surface area contributed by atoms with Crippen molar-refractivity contribution in [2.75, 3.05) is 31.5 Å². The average molecular weight is 726 g/mol. The summed E-state index contributed by atoms with van der Waals surface area (Å²) in [6.45, 7) is 6.44. The van der Waals surface area contributed by atoms with Crippen molar-refractivity contribution in [3.8, 4) is 11.3 Å². The minimum Gasteiger partial charge on any atom is -0.478 e. The molecule has 10 nitrogen and oxygen atoms in total. The number of nitrogens with two attached hydrogens (primary N) is 1. The third-order valence-corrected chi connectivity index (χ3v) is 9.05. The van der Waals surface area contributed by atoms with Crippen LogP contribution in [0.5, 0.6) is 0 Å². The Labute approximate surface area is 292 Å². The van der Waals surface area contributed by atoms with E-state index in [0.717, 1.165) is 74.9 Å². The molecule has 0 aromatic carbocycles. The van der Waals surface area contributed by atoms with Gasteiger partial charge in [0.15, 0.2) is 17.5 Å². The Kier molecular flexibility index (Phi) is 14.8. The van der Waals surface area contributed by atoms with E-state index in [1.165, 1.54) is 31.7 Å². The van der Waals surface area contributed by atoms with Gasteiger partial charge in [-0.3, -0.25) is 4.79 Å². The number of hydrogen-bond acceptors (Lipinski definition) is 12. The van der Waals surface area contributed by atoms with Crippen LogP contribution in [0.1, 0.15) is 58.3 Å². The van der Waals surface area contributed by atoms with Crippen molar-refractivity contribution >= 4 is 47.1 Å². The molecule has 268 valence electrons. The molecule has 0 saturated carbocycles. The number of esters is 1. The third-order valence-electron chi connectivity index (χ3n) is 7.32. The number of carbonyl (C=O) groups is 1. The lowest BCUT2D eigenvalue weighted by Gasteiger charge is -2.27. The van der Waals surface area contributed by atoms with Gasteiger partial charge in [-0.15, -0.1) is 11.3 Å². The second kappa shape index (κ2) is 18.3. The molecular weight excluding hydrogens is 683 g/mol. The van der Waals surface area contributed by atoms with Gasteiger partial charge in [0.25, 0.3) is 0 Å². The first kappa shape index (κ1) is 39.7. The topological polar surface area (TPSA) is 137 Å². The third kappa shape index (κ3) is 12.6. The summed E-state index contributed by atoms with van der Waals surface area (Å²) in [6.07, 6.45) is 4.30. The summed E-state index contributed by atoms with van der Waals surface area (Å²) in [7, 11) is 1.39. The highest BCUT2D eigenvalue weighted by atomic mass is 32.2. The molecule has 0 spiro atoms. The second-order valence-corrected chi connectivity index (χ2v) is 14.2. The van der Waals surface area contributed by atoms with Gasteiger partial charge in [0, 0.05) is 41.2 Å². The summed E-state index contributed by atoms with van der Waals surface area (Å²) in [5.41, 5.74) is 4.45. The van der Waals surface area contributed by atoms with Crippen molar-refractivity contribution < 1.29 is 31.8 Å². The summed E-state index contributed by atoms with van der Waals surface area (Å²) in [4.78, 5) is 30.4. The van der Waals surface area contributed by atoms with Crippen molar-refractivity contribution in [2.45, 2.75) is 71.0 Å². The molecule has 0 aliphatic heterocycles. The van der Waals surface area contributed by atoms with E-state index >= 15 is 0 Å². The Balaban J connectivity index is 1.69. The molecule has 0 aliphatic carbocycles. The number of unbranched alkanes of at least 4 members (excludes halogenated alkanes) is 3. The molecule has 0 saturated heterocycles. The molecule has 3 rings (SSSR count). The number of halogens is 4. The number of carbonyl (C=O) groups excluding carboxylic acids is 1. The van der Waals surface area contributed by atoms with Gasteiger partial charge in [0.05, 0.1) is 24.1 Å². The maximum absolute atomic E-state index is 13.6. The number of alkyl halides is 3. The van der Waals surface area contributed by atoms with E-state index in [4.69, 9.17) is 20.2 Å². The van der Waals surface area contributed by atoms with E-state index in [0.29, 0.717) is 23.1 Å². The first-order chi connectivity index (χ1) is 23.1. The number of anilines is 1. The van der Waals surface area contributed by atoms with Crippen LogP contribution in [0.15, 0.2) is 57.8 Å². The Hall–Kier alpha value is -3.76. The summed E-state index contributed by atoms with van der Waals surface area (Å²) >= 11 is 2.67. The normalized spacial score (nSPS) is 12.8. The smallest absolute Gasteiger partial charge is 0.397 e. The van der Waals surface area contributed by atoms with Gasteiger partial charge in [-0.05, 0) is 77.1 Å². The van der Waals surface area contributed by atoms with Crippen LogP contribution in [0.25, 0.3) is 11.3 Å². The molecule has 0 radical (unpaired) electrons. The van der Waals surface area contributed by atoms with Crippen molar-refractivity contribution in [3.63, 3.8) is 0 Å². The second-order valence-electron chi connectivity index (χ2n) is 12.4. The fourth-order valence-electron chi connectivity index (χ4n) is 4.22. The van der Waals surface area contributed by atoms with E-state index in [2.05, 4.69) is 25.0 Å². The van der Waals surface area contributed by atoms with Crippen LogP contribution in [-0.4, -0.2) is 60.1 Å². The number of nitrogens with one attached hydrogen (secondary N) is 2. The number of ether oxygens (including phenoxy) is 2. The number of rotatable bonds is 19. The lowest BCUT2D eigenvalue weighted by molar-refractivity contribution is -0.223. The van der Waals surface area contributed by atoms with Gasteiger partial charge in [0.1, 0.15) is 17.3 Å². The molecular formula is C33H43F4N7O3S2. The van der Waals surface area contributed by atoms with Crippen molar-refractivity contribution in [1.82, 2.24) is 20.3 Å². The molecule has 0 bridgehead atoms. The lowest BCUT2D eigenvalue weighted by Crippen LogP contribution is -2.37. The number of thiophene rings is 1. The molecule has 0 unspecified atom stereocenters. The molecule has 0 fully saturated rings. The van der Waals surface area contributed by atoms with E-state index in [1.54, 1.807) is 23.5 Å². The van der Waals surface area contributed by atoms with Gasteiger partial charge in [-0.25, -0.2) is 19.9 Å². The lowest BCUT2D eigenvalue weighted by atomic mass is 9.94. The number of hydrogen-bond donors (Lipinski definition) is 3. The maximum Gasteiger partial charge on any atom is 0.397 e. The molecule has 49 heavy (non-hydrogen) atoms. The average Bonchev–Trinajstić information content (AvgIpc) is 3.52. The number of methoxy groups -OCH3 is 1. The predicted molar refractivity (Wildman–Crippen MR) is 186 cm³/mol. The van der Waals surface area contributed by atoms with E-state index in [9.17, 15) is 22.4 Å². The Morgan fingerprint density at radius 3 is 2.57 bits per heavy atom. The van der Waals surface area contributed by atoms with Crippen molar-refractivity contribution in [3.05, 3.63) is 58.6 Å². The van der Waals surface area contributed by atoms with Gasteiger partial charge < -0.3 is 25.2 Å². The first-order valence-corrected chi connectivity index (χ1v) is 17.3. The van der Waals surface area contributed by atoms with Crippen LogP contribution < -0.4 is 15.8 Å². The highest BCUT2D eigenvalue weighted by Gasteiger charge is 2.48. The highest BCUT2D eigenvalue weighted by molar-refractivity contribution is 8.00. The summed E-state index contributed by atoms with van der Waals surface area (Å²) < 4.78 is 66.1. The summed E-state index contributed by atoms with van der Waals surface area (Å²) in [5, 5.41) is 5.70. The van der Waals surface area contributed by atoms with Gasteiger partial charge in [-0.1, -0.05) is 18.9 Å². The quantitative estimate of drug-likeness (QED) is 0.0213. The van der Waals surface area contributed by atoms with Crippen LogP contribution in [-0.2, 0) is 20.7 Å². The Morgan fingerprint density at radius 2 is 1.86 bits per heavy atom. The van der Waals surface area contributed by atoms with Crippen molar-refractivity contribution in [2.24, 2.45) is 21.6 Å². The Bertz CT molecular complexity index is 1580. The molecule has 3 heterocycles. The number of nitrogens with zero attached hydrogens (tertiary/aromatic N) is 4. The largest absolute Gasteiger partial charge is 0.478 e. The van der Waals surface area contributed by atoms with Crippen LogP contribution in [0.2, 0.25) is 0 Å². The highest BCUT2D eigenvalue weighted by Crippen LogP contribution is 2.38. The number of aliphatic imine (C=N–C) groups is 1. The fraction of sp³-hybridized carbons (Fsp3) is 0.485. The number of pyridine rings is 1. The van der Waals surface area contributed by atoms with Crippen LogP contribution in [0.3, 0.4) is 0 Å². The van der Waals surface area contributed by atoms with Crippen molar-refractivity contribution in [1.29, 1.82) is 0 Å². The molecule has 0 amide bonds. The zero-order valence-electron chi connectivity index (χ0n) is 28.2. The maximum atomic E-state index is 13.6. The predicted octanol–water partition coefficient (Wildman–Crippen LogP) is 7.86. The number of aryl methyl sites for hydroxylation is 1. The number of aromatic nitrogens is 3. The minimum absolute atomic E-state index is 0.230. The zero-order valence-corrected chi connectivity index (χ0v) is 29.8. The number of allylic oxidation sites excluding steroid dienone is 1. The Morgan fingerprint density at radius 1 is 1.10 bits per heavy atom. The summed E-state index contributed by atoms with van der Waals surface area (Å²) in [5.74, 6) is -0.431. The molecule has 0 atom stereocenters. The van der Waals surface area contributed by atoms with Crippen LogP contribution in [0.4, 0.5) is 29.2 Å². The molecule has 0 aliphatic rings. The monoisotopic (exact) mass is 725 g/mol. The molecule has 3 aromatic rings. The van der Waals surface area contributed by atoms with Gasteiger partial charge in [-0.2, -0.15) is 17.6 Å². The fourth-order valence-corrected chi connectivity index (χ4v) is 5.73. The van der Waals surface area contributed by atoms with Gasteiger partial charge >= 0.3 is 12.1 Å². The standard InChI is InChI=1S/C33H43F4N7O3S2/c1-31(2,30(45)46-5)20-39-16-9-7-6-8-11-23-22(15-18-48-23)28-29(40-17-14-25(38)47-21-32(3,4)33(35,36)37)41-19-26(43-28)44-49-27-13-10-12-24(34)42-27/h10,12-15,17-19,39H,6-9,11,16,20-21,38H2,1-5H3,(H,43,44)/b25-14+,40-17?. The SMILES string of the molecule is COC(=O)C(C)(C)CNCCCCCCc1sccc1-c1nc(NSc2cccc(F)n2)cnc1N=C/C=C(\N)OCC(C)(C)C(F)(F)F. The molecule has 4 N–H and O–H groups in total. The van der Waals surface area contributed by atoms with Crippen LogP contribution in [0, 0.1) is 16.8 Å². The minimum atomic E-state index is -4.45. The van der Waals surface area contributed by atoms with Gasteiger partial charge in [0.2, 0.25) is 5.95 Å². The van der Waals surface area contributed by atoms with Crippen LogP contribution >= 0.6 is 23.3 Å². The van der Waals surface area contributed by atoms with E-state index < -0.39 is 29.6 Å². The molecule has 3 aromatic heterocycles. The van der Waals surface area contributed by atoms with E-state index in [-0.39, 0.29) is 17.7 Å². The summed E-state index contributed by atoms with van der Waals surface area (Å²) in [6, 6.07) is 6.39.